The molecular weight excluding hydrogens is 274 g/mol. The van der Waals surface area contributed by atoms with E-state index >= 15 is 0 Å². The van der Waals surface area contributed by atoms with Gasteiger partial charge in [0.25, 0.3) is 0 Å². The zero-order valence-corrected chi connectivity index (χ0v) is 10.9. The van der Waals surface area contributed by atoms with Crippen molar-refractivity contribution in [2.24, 2.45) is 10.2 Å². The average molecular weight is 285 g/mol. The maximum Gasteiger partial charge on any atom is 0.231 e. The fraction of sp³-hybridized carbons (Fsp3) is 0.143. The molecule has 0 saturated heterocycles. The largest absolute Gasteiger partial charge is 0.454 e. The molecule has 2 N–H and O–H groups in total. The topological polar surface area (TPSA) is 87.7 Å². The van der Waals surface area contributed by atoms with Gasteiger partial charge in [-0.2, -0.15) is 5.11 Å². The second kappa shape index (κ2) is 4.55. The first-order valence-electron chi connectivity index (χ1n) is 6.30. The van der Waals surface area contributed by atoms with Crippen LogP contribution in [0.1, 0.15) is 0 Å². The Kier molecular flexibility index (Phi) is 2.56. The number of ether oxygens (including phenoxy) is 4. The van der Waals surface area contributed by atoms with Crippen LogP contribution in [0.3, 0.4) is 0 Å². The SMILES string of the molecule is Nc1cc2c(cc1N=Nc1ccc3c(c1)OCO3)OCO2. The van der Waals surface area contributed by atoms with Gasteiger partial charge in [-0.3, -0.25) is 0 Å². The van der Waals surface area contributed by atoms with Crippen LogP contribution >= 0.6 is 0 Å². The number of benzene rings is 2. The Morgan fingerprint density at radius 2 is 1.43 bits per heavy atom. The van der Waals surface area contributed by atoms with Crippen LogP contribution in [0.4, 0.5) is 17.1 Å². The molecule has 0 bridgehead atoms. The normalized spacial score (nSPS) is 14.9. The maximum absolute atomic E-state index is 5.91. The van der Waals surface area contributed by atoms with Crippen LogP contribution in [0.15, 0.2) is 40.6 Å². The molecule has 106 valence electrons. The second-order valence-electron chi connectivity index (χ2n) is 4.50. The van der Waals surface area contributed by atoms with E-state index in [9.17, 15) is 0 Å². The minimum atomic E-state index is 0.192. The van der Waals surface area contributed by atoms with Gasteiger partial charge >= 0.3 is 0 Å². The Hall–Kier alpha value is -2.96. The molecule has 7 nitrogen and oxygen atoms in total. The molecule has 0 amide bonds. The first-order chi connectivity index (χ1) is 10.3. The number of hydrogen-bond acceptors (Lipinski definition) is 7. The van der Waals surface area contributed by atoms with Crippen molar-refractivity contribution < 1.29 is 18.9 Å². The van der Waals surface area contributed by atoms with Crippen LogP contribution in [0.2, 0.25) is 0 Å². The minimum absolute atomic E-state index is 0.192. The molecule has 0 spiro atoms. The van der Waals surface area contributed by atoms with E-state index in [1.807, 2.05) is 0 Å². The lowest BCUT2D eigenvalue weighted by Gasteiger charge is -2.02. The Labute approximate surface area is 119 Å². The van der Waals surface area contributed by atoms with E-state index in [1.54, 1.807) is 30.3 Å². The lowest BCUT2D eigenvalue weighted by Crippen LogP contribution is -1.92. The number of nitrogens with two attached hydrogens (primary N) is 1. The van der Waals surface area contributed by atoms with Gasteiger partial charge in [0.1, 0.15) is 5.69 Å². The number of hydrogen-bond donors (Lipinski definition) is 1. The molecular formula is C14H11N3O4. The summed E-state index contributed by atoms with van der Waals surface area (Å²) in [6, 6.07) is 8.72. The van der Waals surface area contributed by atoms with Gasteiger partial charge in [-0.05, 0) is 12.1 Å². The molecule has 2 aliphatic rings. The fourth-order valence-electron chi connectivity index (χ4n) is 2.09. The molecule has 0 radical (unpaired) electrons. The van der Waals surface area contributed by atoms with Crippen molar-refractivity contribution in [3.8, 4) is 23.0 Å². The van der Waals surface area contributed by atoms with E-state index in [2.05, 4.69) is 10.2 Å². The lowest BCUT2D eigenvalue weighted by molar-refractivity contribution is 0.173. The Balaban J connectivity index is 1.63. The molecule has 2 aromatic rings. The summed E-state index contributed by atoms with van der Waals surface area (Å²) >= 11 is 0. The Morgan fingerprint density at radius 3 is 2.24 bits per heavy atom. The minimum Gasteiger partial charge on any atom is -0.454 e. The van der Waals surface area contributed by atoms with E-state index < -0.39 is 0 Å². The first kappa shape index (κ1) is 11.8. The number of nitrogen functional groups attached to an aromatic ring is 1. The van der Waals surface area contributed by atoms with Crippen LogP contribution in [-0.4, -0.2) is 13.6 Å². The van der Waals surface area contributed by atoms with Gasteiger partial charge in [0, 0.05) is 18.2 Å². The van der Waals surface area contributed by atoms with Crippen molar-refractivity contribution in [1.29, 1.82) is 0 Å². The van der Waals surface area contributed by atoms with E-state index in [0.29, 0.717) is 40.1 Å². The van der Waals surface area contributed by atoms with Crippen molar-refractivity contribution in [1.82, 2.24) is 0 Å². The summed E-state index contributed by atoms with van der Waals surface area (Å²) in [6.07, 6.45) is 0. The lowest BCUT2D eigenvalue weighted by atomic mass is 10.2. The summed E-state index contributed by atoms with van der Waals surface area (Å²) in [5.41, 5.74) is 7.56. The molecule has 4 rings (SSSR count). The molecule has 0 aromatic heterocycles. The van der Waals surface area contributed by atoms with Crippen molar-refractivity contribution in [2.75, 3.05) is 19.3 Å². The van der Waals surface area contributed by atoms with Crippen LogP contribution in [0.5, 0.6) is 23.0 Å². The third-order valence-electron chi connectivity index (χ3n) is 3.15. The molecule has 0 atom stereocenters. The highest BCUT2D eigenvalue weighted by molar-refractivity contribution is 5.69. The summed E-state index contributed by atoms with van der Waals surface area (Å²) in [7, 11) is 0. The molecule has 0 saturated carbocycles. The fourth-order valence-corrected chi connectivity index (χ4v) is 2.09. The van der Waals surface area contributed by atoms with E-state index in [0.717, 1.165) is 0 Å². The molecule has 21 heavy (non-hydrogen) atoms. The zero-order chi connectivity index (χ0) is 14.2. The number of rotatable bonds is 2. The summed E-state index contributed by atoms with van der Waals surface area (Å²) < 4.78 is 21.1. The second-order valence-corrected chi connectivity index (χ2v) is 4.50. The van der Waals surface area contributed by atoms with Gasteiger partial charge in [-0.1, -0.05) is 0 Å². The zero-order valence-electron chi connectivity index (χ0n) is 10.9. The van der Waals surface area contributed by atoms with Gasteiger partial charge in [0.15, 0.2) is 23.0 Å². The molecule has 2 aromatic carbocycles. The van der Waals surface area contributed by atoms with Crippen LogP contribution < -0.4 is 24.7 Å². The van der Waals surface area contributed by atoms with Crippen LogP contribution in [-0.2, 0) is 0 Å². The monoisotopic (exact) mass is 285 g/mol. The summed E-state index contributed by atoms with van der Waals surface area (Å²) in [6.45, 7) is 0.419. The van der Waals surface area contributed by atoms with Crippen LogP contribution in [0.25, 0.3) is 0 Å². The Morgan fingerprint density at radius 1 is 0.762 bits per heavy atom. The van der Waals surface area contributed by atoms with Crippen molar-refractivity contribution >= 4 is 17.1 Å². The number of anilines is 1. The third-order valence-corrected chi connectivity index (χ3v) is 3.15. The standard InChI is InChI=1S/C14H11N3O4/c15-9-4-13-14(21-7-20-13)5-10(9)17-16-8-1-2-11-12(3-8)19-6-18-11/h1-5H,6-7,15H2. The highest BCUT2D eigenvalue weighted by Crippen LogP contribution is 2.40. The smallest absolute Gasteiger partial charge is 0.231 e. The first-order valence-corrected chi connectivity index (χ1v) is 6.30. The van der Waals surface area contributed by atoms with Gasteiger partial charge in [-0.25, -0.2) is 0 Å². The van der Waals surface area contributed by atoms with Crippen LogP contribution in [0, 0.1) is 0 Å². The van der Waals surface area contributed by atoms with Gasteiger partial charge < -0.3 is 24.7 Å². The van der Waals surface area contributed by atoms with Crippen molar-refractivity contribution in [3.63, 3.8) is 0 Å². The average Bonchev–Trinajstić information content (AvgIpc) is 3.12. The number of azo groups is 1. The maximum atomic E-state index is 5.91. The Bertz CT molecular complexity index is 745. The predicted molar refractivity (Wildman–Crippen MR) is 73.7 cm³/mol. The van der Waals surface area contributed by atoms with Crippen molar-refractivity contribution in [3.05, 3.63) is 30.3 Å². The quantitative estimate of drug-likeness (QED) is 0.676. The molecule has 0 fully saturated rings. The molecule has 2 heterocycles. The van der Waals surface area contributed by atoms with Gasteiger partial charge in [0.05, 0.1) is 11.4 Å². The number of nitrogens with zero attached hydrogens (tertiary/aromatic N) is 2. The van der Waals surface area contributed by atoms with Crippen molar-refractivity contribution in [2.45, 2.75) is 0 Å². The van der Waals surface area contributed by atoms with Gasteiger partial charge in [-0.15, -0.1) is 5.11 Å². The van der Waals surface area contributed by atoms with E-state index in [1.165, 1.54) is 0 Å². The van der Waals surface area contributed by atoms with Gasteiger partial charge in [0.2, 0.25) is 13.6 Å². The molecule has 0 aliphatic carbocycles. The third kappa shape index (κ3) is 2.08. The summed E-state index contributed by atoms with van der Waals surface area (Å²) in [5, 5.41) is 8.30. The molecule has 0 unspecified atom stereocenters. The summed E-state index contributed by atoms with van der Waals surface area (Å²) in [5.74, 6) is 2.60. The highest BCUT2D eigenvalue weighted by Gasteiger charge is 2.16. The van der Waals surface area contributed by atoms with E-state index in [4.69, 9.17) is 24.7 Å². The number of fused-ring (bicyclic) bond motifs is 2. The molecule has 2 aliphatic heterocycles. The summed E-state index contributed by atoms with van der Waals surface area (Å²) in [4.78, 5) is 0. The predicted octanol–water partition coefficient (Wildman–Crippen LogP) is 3.14. The molecule has 7 heteroatoms. The van der Waals surface area contributed by atoms with E-state index in [-0.39, 0.29) is 13.6 Å². The highest BCUT2D eigenvalue weighted by atomic mass is 16.7.